The summed E-state index contributed by atoms with van der Waals surface area (Å²) in [6.07, 6.45) is 4.59. The molecular weight excluding hydrogens is 306 g/mol. The number of nitrogens with one attached hydrogen (secondary N) is 1. The van der Waals surface area contributed by atoms with Gasteiger partial charge >= 0.3 is 0 Å². The van der Waals surface area contributed by atoms with Crippen molar-refractivity contribution in [2.75, 3.05) is 19.7 Å². The van der Waals surface area contributed by atoms with Gasteiger partial charge in [-0.05, 0) is 31.0 Å². The molecule has 128 valence electrons. The van der Waals surface area contributed by atoms with Gasteiger partial charge in [0.1, 0.15) is 11.8 Å². The summed E-state index contributed by atoms with van der Waals surface area (Å²) in [5.74, 6) is -0.492. The average molecular weight is 329 g/mol. The molecule has 7 heteroatoms. The van der Waals surface area contributed by atoms with Gasteiger partial charge in [-0.2, -0.15) is 5.10 Å². The third kappa shape index (κ3) is 3.63. The van der Waals surface area contributed by atoms with E-state index in [9.17, 15) is 4.79 Å². The zero-order valence-corrected chi connectivity index (χ0v) is 13.9. The van der Waals surface area contributed by atoms with E-state index in [1.165, 1.54) is 0 Å². The summed E-state index contributed by atoms with van der Waals surface area (Å²) >= 11 is 0. The van der Waals surface area contributed by atoms with Crippen molar-refractivity contribution >= 4 is 5.91 Å². The standard InChI is InChI=1S/C17H23N5O2/c1-2-3-4-12-9-15(17(18)23)22(21-12)13-5-6-14(20-10-13)16-11-19-7-8-24-16/h5-6,9-10,16,19H,2-4,7-8,11H2,1H3,(H2,18,23)/t16-/m1/s1. The minimum Gasteiger partial charge on any atom is -0.369 e. The maximum Gasteiger partial charge on any atom is 0.267 e. The maximum absolute atomic E-state index is 11.7. The SMILES string of the molecule is CCCCc1cc(C(N)=O)n(-c2ccc([C@H]3CNCCO3)nc2)n1. The smallest absolute Gasteiger partial charge is 0.267 e. The molecule has 0 aliphatic carbocycles. The van der Waals surface area contributed by atoms with Gasteiger partial charge in [0.15, 0.2) is 0 Å². The maximum atomic E-state index is 11.7. The molecule has 0 saturated carbocycles. The molecule has 0 aromatic carbocycles. The molecule has 1 aliphatic heterocycles. The number of morpholine rings is 1. The molecule has 3 heterocycles. The van der Waals surface area contributed by atoms with Crippen LogP contribution < -0.4 is 11.1 Å². The number of ether oxygens (including phenoxy) is 1. The molecule has 3 N–H and O–H groups in total. The molecule has 24 heavy (non-hydrogen) atoms. The molecule has 1 saturated heterocycles. The Morgan fingerprint density at radius 3 is 3.00 bits per heavy atom. The summed E-state index contributed by atoms with van der Waals surface area (Å²) in [5.41, 5.74) is 8.33. The molecule has 0 radical (unpaired) electrons. The van der Waals surface area contributed by atoms with Gasteiger partial charge < -0.3 is 15.8 Å². The lowest BCUT2D eigenvalue weighted by Gasteiger charge is -2.23. The fraction of sp³-hybridized carbons (Fsp3) is 0.471. The Morgan fingerprint density at radius 2 is 2.38 bits per heavy atom. The number of carbonyl (C=O) groups is 1. The first-order chi connectivity index (χ1) is 11.7. The summed E-state index contributed by atoms with van der Waals surface area (Å²) < 4.78 is 7.27. The third-order valence-electron chi connectivity index (χ3n) is 4.07. The van der Waals surface area contributed by atoms with Crippen molar-refractivity contribution in [1.29, 1.82) is 0 Å². The largest absolute Gasteiger partial charge is 0.369 e. The van der Waals surface area contributed by atoms with Crippen molar-refractivity contribution in [3.8, 4) is 5.69 Å². The molecular formula is C17H23N5O2. The average Bonchev–Trinajstić information content (AvgIpc) is 3.05. The molecule has 0 bridgehead atoms. The van der Waals surface area contributed by atoms with Crippen LogP contribution >= 0.6 is 0 Å². The summed E-state index contributed by atoms with van der Waals surface area (Å²) in [6.45, 7) is 4.42. The first-order valence-corrected chi connectivity index (χ1v) is 8.36. The fourth-order valence-electron chi connectivity index (χ4n) is 2.75. The first-order valence-electron chi connectivity index (χ1n) is 8.36. The lowest BCUT2D eigenvalue weighted by molar-refractivity contribution is 0.0250. The Kier molecular flexibility index (Phi) is 5.22. The predicted octanol–water partition coefficient (Wildman–Crippen LogP) is 1.37. The van der Waals surface area contributed by atoms with E-state index in [0.717, 1.165) is 49.4 Å². The minimum atomic E-state index is -0.492. The number of hydrogen-bond acceptors (Lipinski definition) is 5. The van der Waals surface area contributed by atoms with Gasteiger partial charge in [-0.1, -0.05) is 13.3 Å². The van der Waals surface area contributed by atoms with E-state index < -0.39 is 5.91 Å². The number of amides is 1. The lowest BCUT2D eigenvalue weighted by atomic mass is 10.2. The number of nitrogens with zero attached hydrogens (tertiary/aromatic N) is 3. The zero-order chi connectivity index (χ0) is 16.9. The van der Waals surface area contributed by atoms with Crippen LogP contribution in [-0.2, 0) is 11.2 Å². The molecule has 0 spiro atoms. The number of carbonyl (C=O) groups excluding carboxylic acids is 1. The van der Waals surface area contributed by atoms with Crippen LogP contribution in [0.15, 0.2) is 24.4 Å². The van der Waals surface area contributed by atoms with Gasteiger partial charge in [-0.15, -0.1) is 0 Å². The number of primary amides is 1. The second-order valence-electron chi connectivity index (χ2n) is 5.91. The Bertz CT molecular complexity index is 690. The van der Waals surface area contributed by atoms with Gasteiger partial charge in [-0.25, -0.2) is 4.68 Å². The third-order valence-corrected chi connectivity index (χ3v) is 4.07. The zero-order valence-electron chi connectivity index (χ0n) is 13.9. The number of aromatic nitrogens is 3. The topological polar surface area (TPSA) is 95.1 Å². The van der Waals surface area contributed by atoms with Crippen molar-refractivity contribution in [2.45, 2.75) is 32.3 Å². The quantitative estimate of drug-likeness (QED) is 0.834. The Labute approximate surface area is 141 Å². The highest BCUT2D eigenvalue weighted by Crippen LogP contribution is 2.19. The highest BCUT2D eigenvalue weighted by atomic mass is 16.5. The van der Waals surface area contributed by atoms with Crippen molar-refractivity contribution in [3.05, 3.63) is 41.5 Å². The molecule has 1 aliphatic rings. The van der Waals surface area contributed by atoms with Gasteiger partial charge in [0.05, 0.1) is 29.9 Å². The highest BCUT2D eigenvalue weighted by molar-refractivity contribution is 5.91. The number of rotatable bonds is 6. The number of nitrogens with two attached hydrogens (primary N) is 1. The summed E-state index contributed by atoms with van der Waals surface area (Å²) in [7, 11) is 0. The van der Waals surface area contributed by atoms with Crippen LogP contribution in [0.2, 0.25) is 0 Å². The van der Waals surface area contributed by atoms with Crippen LogP contribution in [0.25, 0.3) is 5.69 Å². The molecule has 1 amide bonds. The summed E-state index contributed by atoms with van der Waals surface area (Å²) in [4.78, 5) is 16.2. The molecule has 1 fully saturated rings. The lowest BCUT2D eigenvalue weighted by Crippen LogP contribution is -2.33. The molecule has 2 aromatic rings. The number of hydrogen-bond donors (Lipinski definition) is 2. The van der Waals surface area contributed by atoms with Gasteiger partial charge in [0.25, 0.3) is 5.91 Å². The van der Waals surface area contributed by atoms with Gasteiger partial charge in [0.2, 0.25) is 0 Å². The van der Waals surface area contributed by atoms with Crippen molar-refractivity contribution in [1.82, 2.24) is 20.1 Å². The molecule has 0 unspecified atom stereocenters. The van der Waals surface area contributed by atoms with Crippen molar-refractivity contribution < 1.29 is 9.53 Å². The fourth-order valence-corrected chi connectivity index (χ4v) is 2.75. The monoisotopic (exact) mass is 329 g/mol. The van der Waals surface area contributed by atoms with E-state index in [0.29, 0.717) is 12.3 Å². The molecule has 2 aromatic heterocycles. The van der Waals surface area contributed by atoms with E-state index in [4.69, 9.17) is 10.5 Å². The number of unbranched alkanes of at least 4 members (excludes halogenated alkanes) is 1. The van der Waals surface area contributed by atoms with Crippen LogP contribution in [-0.4, -0.2) is 40.4 Å². The van der Waals surface area contributed by atoms with Gasteiger partial charge in [-0.3, -0.25) is 9.78 Å². The number of aryl methyl sites for hydroxylation is 1. The van der Waals surface area contributed by atoms with E-state index in [2.05, 4.69) is 22.3 Å². The molecule has 3 rings (SSSR count). The van der Waals surface area contributed by atoms with E-state index in [1.807, 2.05) is 12.1 Å². The predicted molar refractivity (Wildman–Crippen MR) is 90.1 cm³/mol. The minimum absolute atomic E-state index is 0.0406. The van der Waals surface area contributed by atoms with Crippen molar-refractivity contribution in [3.63, 3.8) is 0 Å². The van der Waals surface area contributed by atoms with Crippen LogP contribution in [0, 0.1) is 0 Å². The Balaban J connectivity index is 1.84. The second-order valence-corrected chi connectivity index (χ2v) is 5.91. The summed E-state index contributed by atoms with van der Waals surface area (Å²) in [6, 6.07) is 5.56. The van der Waals surface area contributed by atoms with Gasteiger partial charge in [0, 0.05) is 13.1 Å². The first kappa shape index (κ1) is 16.6. The number of pyridine rings is 1. The Hall–Kier alpha value is -2.25. The normalized spacial score (nSPS) is 17.8. The van der Waals surface area contributed by atoms with E-state index >= 15 is 0 Å². The second kappa shape index (κ2) is 7.55. The van der Waals surface area contributed by atoms with Crippen LogP contribution in [0.5, 0.6) is 0 Å². The van der Waals surface area contributed by atoms with E-state index in [-0.39, 0.29) is 6.10 Å². The van der Waals surface area contributed by atoms with Crippen LogP contribution in [0.4, 0.5) is 0 Å². The highest BCUT2D eigenvalue weighted by Gasteiger charge is 2.18. The van der Waals surface area contributed by atoms with Crippen LogP contribution in [0.1, 0.15) is 47.7 Å². The van der Waals surface area contributed by atoms with Crippen molar-refractivity contribution in [2.24, 2.45) is 5.73 Å². The molecule has 1 atom stereocenters. The van der Waals surface area contributed by atoms with Crippen LogP contribution in [0.3, 0.4) is 0 Å². The molecule has 7 nitrogen and oxygen atoms in total. The van der Waals surface area contributed by atoms with E-state index in [1.54, 1.807) is 16.9 Å². The summed E-state index contributed by atoms with van der Waals surface area (Å²) in [5, 5.41) is 7.80. The Morgan fingerprint density at radius 1 is 1.50 bits per heavy atom.